The number of nitrogens with one attached hydrogen (secondary N) is 3. The van der Waals surface area contributed by atoms with Crippen LogP contribution in [0.4, 0.5) is 0 Å². The van der Waals surface area contributed by atoms with E-state index in [1.807, 2.05) is 41.5 Å². The molecular weight excluding hydrogens is 699 g/mol. The molecule has 0 saturated carbocycles. The Morgan fingerprint density at radius 2 is 1.60 bits per heavy atom. The quantitative estimate of drug-likeness (QED) is 0.0699. The Morgan fingerprint density at radius 3 is 2.10 bits per heavy atom. The number of ether oxygens (including phenoxy) is 4. The van der Waals surface area contributed by atoms with Crippen LogP contribution < -0.4 is 20.6 Å². The van der Waals surface area contributed by atoms with E-state index in [-0.39, 0.29) is 55.8 Å². The van der Waals surface area contributed by atoms with E-state index in [0.29, 0.717) is 18.4 Å². The van der Waals surface area contributed by atoms with Gasteiger partial charge in [0.1, 0.15) is 29.9 Å². The van der Waals surface area contributed by atoms with Gasteiger partial charge in [-0.25, -0.2) is 20.0 Å². The number of esters is 2. The number of imidazole rings is 1. The van der Waals surface area contributed by atoms with Crippen molar-refractivity contribution in [1.29, 1.82) is 0 Å². The van der Waals surface area contributed by atoms with E-state index in [9.17, 15) is 29.2 Å². The highest BCUT2D eigenvalue weighted by Crippen LogP contribution is 2.42. The number of carbonyl (C=O) groups excluding carboxylic acids is 2. The Hall–Kier alpha value is -2.92. The average molecular weight is 759 g/mol. The monoisotopic (exact) mass is 758 g/mol. The number of H-pyrrole nitrogens is 1. The minimum absolute atomic E-state index is 0.00868. The van der Waals surface area contributed by atoms with E-state index in [1.165, 1.54) is 13.4 Å². The third-order valence-electron chi connectivity index (χ3n) is 8.70. The lowest BCUT2D eigenvalue weighted by molar-refractivity contribution is -0.146. The van der Waals surface area contributed by atoms with E-state index in [2.05, 4.69) is 25.1 Å². The maximum absolute atomic E-state index is 14.8. The molecule has 3 rings (SSSR count). The standard InChI is InChI=1S/C34H59N6O11P/c1-9-11-13-48-32(43)23(15-20(3)4)38-52(46,39-24(16-21(5)6)33(44)49-14-12-10-2)50-18-27-29(42)26(41)17-25(22(7)51-27)40-19-35-28-30(40)36-34(45)37-31(28)47-8/h19-27,29,41-42H,9-18H2,1-8H3,(H,36,37,45)(H2,38,39,46)/t22?,23-,24-,25?,26?,27+,29?/m0/s1. The number of carbonyl (C=O) groups is 2. The van der Waals surface area contributed by atoms with E-state index in [4.69, 9.17) is 23.5 Å². The summed E-state index contributed by atoms with van der Waals surface area (Å²) in [4.78, 5) is 49.6. The zero-order valence-electron chi connectivity index (χ0n) is 31.7. The van der Waals surface area contributed by atoms with Gasteiger partial charge in [-0.3, -0.25) is 19.1 Å². The molecule has 3 heterocycles. The van der Waals surface area contributed by atoms with Gasteiger partial charge in [0.25, 0.3) is 0 Å². The first-order chi connectivity index (χ1) is 24.6. The van der Waals surface area contributed by atoms with Gasteiger partial charge in [0.15, 0.2) is 5.52 Å². The van der Waals surface area contributed by atoms with Crippen molar-refractivity contribution in [3.63, 3.8) is 0 Å². The van der Waals surface area contributed by atoms with Gasteiger partial charge in [0, 0.05) is 0 Å². The lowest BCUT2D eigenvalue weighted by Gasteiger charge is -2.32. The van der Waals surface area contributed by atoms with Crippen molar-refractivity contribution in [2.24, 2.45) is 11.8 Å². The maximum Gasteiger partial charge on any atom is 0.349 e. The summed E-state index contributed by atoms with van der Waals surface area (Å²) >= 11 is 0. The summed E-state index contributed by atoms with van der Waals surface area (Å²) in [5.74, 6) is -1.24. The van der Waals surface area contributed by atoms with Crippen molar-refractivity contribution < 1.29 is 47.8 Å². The minimum atomic E-state index is -4.34. The van der Waals surface area contributed by atoms with Crippen LogP contribution in [0, 0.1) is 11.8 Å². The van der Waals surface area contributed by atoms with Crippen molar-refractivity contribution in [2.45, 2.75) is 136 Å². The molecule has 1 aliphatic rings. The summed E-state index contributed by atoms with van der Waals surface area (Å²) in [7, 11) is -2.97. The number of aliphatic hydroxyl groups excluding tert-OH is 2. The molecule has 0 aliphatic carbocycles. The van der Waals surface area contributed by atoms with Crippen LogP contribution in [0.3, 0.4) is 0 Å². The summed E-state index contributed by atoms with van der Waals surface area (Å²) in [6.45, 7) is 13.1. The van der Waals surface area contributed by atoms with Crippen molar-refractivity contribution in [1.82, 2.24) is 29.7 Å². The zero-order chi connectivity index (χ0) is 38.6. The van der Waals surface area contributed by atoms with Gasteiger partial charge >= 0.3 is 25.3 Å². The molecule has 0 spiro atoms. The van der Waals surface area contributed by atoms with Gasteiger partial charge < -0.3 is 38.3 Å². The Balaban J connectivity index is 1.93. The molecule has 18 heteroatoms. The molecule has 1 saturated heterocycles. The first kappa shape index (κ1) is 43.5. The predicted octanol–water partition coefficient (Wildman–Crippen LogP) is 3.39. The Morgan fingerprint density at radius 1 is 1.04 bits per heavy atom. The van der Waals surface area contributed by atoms with Crippen LogP contribution in [0.1, 0.15) is 99.5 Å². The molecule has 17 nitrogen and oxygen atoms in total. The Labute approximate surface area is 305 Å². The summed E-state index contributed by atoms with van der Waals surface area (Å²) < 4.78 is 44.9. The number of hydrogen-bond donors (Lipinski definition) is 5. The second-order valence-corrected chi connectivity index (χ2v) is 16.0. The van der Waals surface area contributed by atoms with Crippen molar-refractivity contribution in [3.05, 3.63) is 16.8 Å². The number of methoxy groups -OCH3 is 1. The van der Waals surface area contributed by atoms with Crippen molar-refractivity contribution >= 4 is 30.8 Å². The second-order valence-electron chi connectivity index (χ2n) is 14.2. The number of aliphatic hydroxyl groups is 2. The molecule has 1 aliphatic heterocycles. The number of aromatic nitrogens is 4. The molecule has 2 aromatic rings. The fraction of sp³-hybridized carbons (Fsp3) is 0.794. The first-order valence-electron chi connectivity index (χ1n) is 18.3. The molecule has 5 N–H and O–H groups in total. The Kier molecular flexibility index (Phi) is 17.2. The largest absolute Gasteiger partial charge is 0.479 e. The van der Waals surface area contributed by atoms with Crippen molar-refractivity contribution in [3.8, 4) is 5.88 Å². The predicted molar refractivity (Wildman–Crippen MR) is 193 cm³/mol. The summed E-state index contributed by atoms with van der Waals surface area (Å²) in [6, 6.07) is -2.77. The summed E-state index contributed by atoms with van der Waals surface area (Å²) in [5.41, 5.74) is -0.0820. The molecule has 296 valence electrons. The van der Waals surface area contributed by atoms with Crippen LogP contribution in [-0.4, -0.2) is 105 Å². The van der Waals surface area contributed by atoms with Gasteiger partial charge in [-0.1, -0.05) is 54.4 Å². The third-order valence-corrected chi connectivity index (χ3v) is 10.5. The number of unbranched alkanes of at least 4 members (excludes halogenated alkanes) is 2. The first-order valence-corrected chi connectivity index (χ1v) is 19.9. The molecule has 0 bridgehead atoms. The average Bonchev–Trinajstić information content (AvgIpc) is 3.46. The van der Waals surface area contributed by atoms with Crippen LogP contribution in [0.2, 0.25) is 0 Å². The third kappa shape index (κ3) is 12.3. The summed E-state index contributed by atoms with van der Waals surface area (Å²) in [6.07, 6.45) is 0.108. The normalized spacial score (nSPS) is 22.3. The molecule has 0 radical (unpaired) electrons. The van der Waals surface area contributed by atoms with Crippen LogP contribution in [0.5, 0.6) is 5.88 Å². The number of nitrogens with zero attached hydrogens (tertiary/aromatic N) is 3. The molecule has 0 aromatic carbocycles. The van der Waals surface area contributed by atoms with Gasteiger partial charge in [-0.15, -0.1) is 0 Å². The number of fused-ring (bicyclic) bond motifs is 1. The fourth-order valence-corrected chi connectivity index (χ4v) is 7.77. The van der Waals surface area contributed by atoms with Crippen LogP contribution in [0.15, 0.2) is 11.1 Å². The summed E-state index contributed by atoms with van der Waals surface area (Å²) in [5, 5.41) is 28.1. The van der Waals surface area contributed by atoms with Crippen LogP contribution >= 0.6 is 7.67 Å². The second kappa shape index (κ2) is 20.5. The molecule has 1 fully saturated rings. The number of hydrogen-bond acceptors (Lipinski definition) is 13. The number of aromatic amines is 1. The zero-order valence-corrected chi connectivity index (χ0v) is 32.6. The minimum Gasteiger partial charge on any atom is -0.479 e. The molecular formula is C34H59N6O11P. The van der Waals surface area contributed by atoms with Gasteiger partial charge in [-0.2, -0.15) is 4.98 Å². The molecule has 4 unspecified atom stereocenters. The van der Waals surface area contributed by atoms with Crippen LogP contribution in [-0.2, 0) is 32.9 Å². The fourth-order valence-electron chi connectivity index (χ4n) is 5.94. The van der Waals surface area contributed by atoms with E-state index in [0.717, 1.165) is 12.8 Å². The smallest absolute Gasteiger partial charge is 0.349 e. The maximum atomic E-state index is 14.8. The van der Waals surface area contributed by atoms with Crippen LogP contribution in [0.25, 0.3) is 11.2 Å². The molecule has 7 atom stereocenters. The molecule has 2 aromatic heterocycles. The lowest BCUT2D eigenvalue weighted by Crippen LogP contribution is -2.47. The van der Waals surface area contributed by atoms with E-state index >= 15 is 0 Å². The van der Waals surface area contributed by atoms with E-state index in [1.54, 1.807) is 11.5 Å². The SMILES string of the molecule is CCCCOC(=O)[C@H](CC(C)C)NP(=O)(N[C@@H](CC(C)C)C(=O)OCCCC)OC[C@H]1OC(C)C(n2cnc3c(OC)nc(=O)[nH]c32)CC(O)C1O. The highest BCUT2D eigenvalue weighted by Gasteiger charge is 2.42. The van der Waals surface area contributed by atoms with Gasteiger partial charge in [-0.05, 0) is 50.9 Å². The lowest BCUT2D eigenvalue weighted by atomic mass is 10.0. The highest BCUT2D eigenvalue weighted by atomic mass is 31.2. The molecule has 52 heavy (non-hydrogen) atoms. The topological polar surface area (TPSA) is 225 Å². The highest BCUT2D eigenvalue weighted by molar-refractivity contribution is 7.54. The van der Waals surface area contributed by atoms with Gasteiger partial charge in [0.2, 0.25) is 5.88 Å². The van der Waals surface area contributed by atoms with Crippen molar-refractivity contribution in [2.75, 3.05) is 26.9 Å². The number of rotatable bonds is 21. The van der Waals surface area contributed by atoms with E-state index < -0.39 is 74.4 Å². The Bertz CT molecular complexity index is 1490. The van der Waals surface area contributed by atoms with Gasteiger partial charge in [0.05, 0.1) is 51.5 Å². The molecule has 0 amide bonds.